The predicted octanol–water partition coefficient (Wildman–Crippen LogP) is 0.632. The van der Waals surface area contributed by atoms with Crippen LogP contribution in [0.3, 0.4) is 0 Å². The van der Waals surface area contributed by atoms with E-state index in [9.17, 15) is 39.6 Å². The summed E-state index contributed by atoms with van der Waals surface area (Å²) in [5.41, 5.74) is 2.91. The topological polar surface area (TPSA) is 182 Å². The Morgan fingerprint density at radius 2 is 1.76 bits per heavy atom. The lowest BCUT2D eigenvalue weighted by molar-refractivity contribution is -0.153. The van der Waals surface area contributed by atoms with Crippen molar-refractivity contribution in [2.24, 2.45) is 17.6 Å². The third-order valence-corrected chi connectivity index (χ3v) is 7.71. The van der Waals surface area contributed by atoms with Gasteiger partial charge in [-0.3, -0.25) is 24.1 Å². The summed E-state index contributed by atoms with van der Waals surface area (Å²) in [5.74, 6) is -7.33. The Morgan fingerprint density at radius 3 is 2.29 bits per heavy atom. The van der Waals surface area contributed by atoms with Crippen LogP contribution in [0.2, 0.25) is 0 Å². The average Bonchev–Trinajstić information content (AvgIpc) is 2.80. The van der Waals surface area contributed by atoms with E-state index < -0.39 is 58.0 Å². The summed E-state index contributed by atoms with van der Waals surface area (Å²) in [6.45, 7) is 1.34. The third kappa shape index (κ3) is 3.72. The first-order valence-corrected chi connectivity index (χ1v) is 12.0. The van der Waals surface area contributed by atoms with Crippen LogP contribution in [0.1, 0.15) is 30.0 Å². The Balaban J connectivity index is 2.01. The third-order valence-electron chi connectivity index (χ3n) is 7.71. The van der Waals surface area contributed by atoms with Gasteiger partial charge >= 0.3 is 0 Å². The van der Waals surface area contributed by atoms with E-state index in [0.717, 1.165) is 0 Å². The minimum atomic E-state index is -2.70. The number of Topliss-reactive ketones (excluding diaryl/α,β-unsaturated/α-hetero) is 2. The number of phenols is 1. The van der Waals surface area contributed by atoms with Crippen molar-refractivity contribution >= 4 is 40.8 Å². The second-order valence-corrected chi connectivity index (χ2v) is 10.5. The highest BCUT2D eigenvalue weighted by atomic mass is 16.3. The molecule has 38 heavy (non-hydrogen) atoms. The molecule has 3 aliphatic rings. The highest BCUT2D eigenvalue weighted by Crippen LogP contribution is 2.54. The highest BCUT2D eigenvalue weighted by Gasteiger charge is 2.64. The summed E-state index contributed by atoms with van der Waals surface area (Å²) >= 11 is 0. The number of carbonyl (C=O) groups is 4. The van der Waals surface area contributed by atoms with Crippen LogP contribution in [-0.2, 0) is 25.6 Å². The number of anilines is 1. The molecular weight excluding hydrogens is 494 g/mol. The van der Waals surface area contributed by atoms with Gasteiger partial charge < -0.3 is 31.1 Å². The van der Waals surface area contributed by atoms with E-state index in [1.54, 1.807) is 39.2 Å². The van der Waals surface area contributed by atoms with Crippen LogP contribution in [0.15, 0.2) is 29.0 Å². The fraction of sp³-hybridized carbons (Fsp3) is 0.407. The molecule has 6 N–H and O–H groups in total. The molecule has 0 spiro atoms. The number of phenolic OH excluding ortho intramolecular Hbond substituents is 1. The lowest BCUT2D eigenvalue weighted by Gasteiger charge is -2.50. The number of benzene rings is 1. The van der Waals surface area contributed by atoms with Gasteiger partial charge in [0, 0.05) is 36.8 Å². The molecule has 1 aromatic rings. The first kappa shape index (κ1) is 27.1. The number of hydrogen-bond acceptors (Lipinski definition) is 10. The normalized spacial score (nSPS) is 27.0. The number of amides is 1. The van der Waals surface area contributed by atoms with Gasteiger partial charge in [0.25, 0.3) is 5.91 Å². The van der Waals surface area contributed by atoms with Crippen molar-refractivity contribution in [3.05, 3.63) is 45.7 Å². The zero-order chi connectivity index (χ0) is 28.4. The molecule has 1 aromatic carbocycles. The summed E-state index contributed by atoms with van der Waals surface area (Å²) in [6, 6.07) is 0.515. The lowest BCUT2D eigenvalue weighted by Crippen LogP contribution is -2.65. The Hall–Kier alpha value is -3.96. The van der Waals surface area contributed by atoms with Crippen LogP contribution in [0.4, 0.5) is 5.69 Å². The van der Waals surface area contributed by atoms with Gasteiger partial charge in [0.15, 0.2) is 17.2 Å². The Labute approximate surface area is 219 Å². The molecule has 1 amide bonds. The summed E-state index contributed by atoms with van der Waals surface area (Å²) in [6.07, 6.45) is 2.82. The number of aliphatic hydroxyl groups is 3. The molecule has 11 heteroatoms. The molecule has 1 fully saturated rings. The smallest absolute Gasteiger partial charge is 0.255 e. The molecule has 0 bridgehead atoms. The van der Waals surface area contributed by atoms with Crippen LogP contribution >= 0.6 is 0 Å². The molecule has 0 aromatic heterocycles. The van der Waals surface area contributed by atoms with E-state index in [4.69, 9.17) is 5.73 Å². The molecular formula is C27H31N3O8. The monoisotopic (exact) mass is 525 g/mol. The standard InChI is InChI=1S/C27H31N3O8/c1-11(31)6-7-12-10-16(29(2)3)14-8-13-9-15-20(30(4)5)23(34)19(26(28)37)25(36)27(15,38)24(35)17(13)22(33)18(14)21(12)32/h6-7,10,13,15,20,32-33,36,38H,8-9H2,1-5H3,(H2,28,37)/b7-6+/t13-,15-,20-,27-/m0/s1. The molecule has 0 unspecified atom stereocenters. The first-order valence-electron chi connectivity index (χ1n) is 12.0. The average molecular weight is 526 g/mol. The fourth-order valence-electron chi connectivity index (χ4n) is 6.05. The molecule has 1 saturated carbocycles. The molecule has 4 rings (SSSR count). The first-order chi connectivity index (χ1) is 17.6. The van der Waals surface area contributed by atoms with Gasteiger partial charge in [0.05, 0.1) is 11.6 Å². The number of nitrogens with zero attached hydrogens (tertiary/aromatic N) is 2. The zero-order valence-corrected chi connectivity index (χ0v) is 21.8. The number of likely N-dealkylation sites (N-methyl/N-ethyl adjacent to an activating group) is 1. The second-order valence-electron chi connectivity index (χ2n) is 10.5. The van der Waals surface area contributed by atoms with Crippen molar-refractivity contribution in [1.82, 2.24) is 4.90 Å². The largest absolute Gasteiger partial charge is 0.508 e. The van der Waals surface area contributed by atoms with Crippen LogP contribution in [0, 0.1) is 11.8 Å². The molecule has 4 atom stereocenters. The number of aliphatic hydroxyl groups excluding tert-OH is 2. The minimum Gasteiger partial charge on any atom is -0.508 e. The molecule has 0 aliphatic heterocycles. The Kier molecular flexibility index (Phi) is 6.49. The Bertz CT molecular complexity index is 1390. The van der Waals surface area contributed by atoms with Crippen LogP contribution in [0.5, 0.6) is 5.75 Å². The van der Waals surface area contributed by atoms with E-state index >= 15 is 0 Å². The van der Waals surface area contributed by atoms with E-state index in [0.29, 0.717) is 11.3 Å². The molecule has 202 valence electrons. The highest BCUT2D eigenvalue weighted by molar-refractivity contribution is 6.24. The zero-order valence-electron chi connectivity index (χ0n) is 21.8. The van der Waals surface area contributed by atoms with Crippen LogP contribution < -0.4 is 10.6 Å². The van der Waals surface area contributed by atoms with Gasteiger partial charge in [-0.05, 0) is 63.6 Å². The van der Waals surface area contributed by atoms with Crippen molar-refractivity contribution in [3.8, 4) is 5.75 Å². The number of rotatable bonds is 5. The van der Waals surface area contributed by atoms with Crippen LogP contribution in [0.25, 0.3) is 11.8 Å². The number of primary amides is 1. The maximum atomic E-state index is 13.9. The SMILES string of the molecule is CC(=O)/C=C/c1cc(N(C)C)c2c(c1O)C(O)=C1C(=O)[C@]3(O)C(O)=C(C(N)=O)C(=O)[C@@H](N(C)C)[C@@H]3C[C@@H]1C2. The van der Waals surface area contributed by atoms with Gasteiger partial charge in [-0.25, -0.2) is 0 Å². The number of aromatic hydroxyl groups is 1. The molecule has 0 saturated heterocycles. The number of hydrogen-bond donors (Lipinski definition) is 5. The Morgan fingerprint density at radius 1 is 1.13 bits per heavy atom. The van der Waals surface area contributed by atoms with Gasteiger partial charge in [0.2, 0.25) is 5.78 Å². The predicted molar refractivity (Wildman–Crippen MR) is 138 cm³/mol. The summed E-state index contributed by atoms with van der Waals surface area (Å²) in [5, 5.41) is 45.1. The second kappa shape index (κ2) is 9.10. The van der Waals surface area contributed by atoms with E-state index in [2.05, 4.69) is 0 Å². The number of allylic oxidation sites excluding steroid dienone is 1. The van der Waals surface area contributed by atoms with Gasteiger partial charge in [-0.1, -0.05) is 0 Å². The quantitative estimate of drug-likeness (QED) is 0.270. The van der Waals surface area contributed by atoms with Gasteiger partial charge in [-0.15, -0.1) is 0 Å². The van der Waals surface area contributed by atoms with Crippen molar-refractivity contribution in [1.29, 1.82) is 0 Å². The van der Waals surface area contributed by atoms with Gasteiger partial charge in [0.1, 0.15) is 22.8 Å². The van der Waals surface area contributed by atoms with Crippen molar-refractivity contribution < 1.29 is 39.6 Å². The maximum absolute atomic E-state index is 13.9. The van der Waals surface area contributed by atoms with E-state index in [-0.39, 0.29) is 41.1 Å². The lowest BCUT2D eigenvalue weighted by atomic mass is 9.57. The molecule has 0 heterocycles. The van der Waals surface area contributed by atoms with Crippen molar-refractivity contribution in [3.63, 3.8) is 0 Å². The summed E-state index contributed by atoms with van der Waals surface area (Å²) < 4.78 is 0. The van der Waals surface area contributed by atoms with E-state index in [1.807, 2.05) is 0 Å². The summed E-state index contributed by atoms with van der Waals surface area (Å²) in [4.78, 5) is 53.9. The van der Waals surface area contributed by atoms with Gasteiger partial charge in [-0.2, -0.15) is 0 Å². The number of nitrogens with two attached hydrogens (primary N) is 1. The van der Waals surface area contributed by atoms with Crippen molar-refractivity contribution in [2.45, 2.75) is 31.4 Å². The number of carbonyl (C=O) groups excluding carboxylic acids is 4. The molecule has 0 radical (unpaired) electrons. The molecule has 11 nitrogen and oxygen atoms in total. The number of ketones is 3. The fourth-order valence-corrected chi connectivity index (χ4v) is 6.05. The summed E-state index contributed by atoms with van der Waals surface area (Å²) in [7, 11) is 6.63. The van der Waals surface area contributed by atoms with Crippen molar-refractivity contribution in [2.75, 3.05) is 33.1 Å². The van der Waals surface area contributed by atoms with Crippen LogP contribution in [-0.4, -0.2) is 88.4 Å². The minimum absolute atomic E-state index is 0.00534. The maximum Gasteiger partial charge on any atom is 0.255 e. The number of fused-ring (bicyclic) bond motifs is 3. The van der Waals surface area contributed by atoms with E-state index in [1.165, 1.54) is 24.0 Å². The molecule has 3 aliphatic carbocycles.